The molecule has 5 heteroatoms. The van der Waals surface area contributed by atoms with Crippen LogP contribution in [0.4, 0.5) is 9.18 Å². The van der Waals surface area contributed by atoms with Crippen LogP contribution in [0.15, 0.2) is 48.5 Å². The monoisotopic (exact) mass is 369 g/mol. The number of urea groups is 1. The molecule has 27 heavy (non-hydrogen) atoms. The van der Waals surface area contributed by atoms with Crippen molar-refractivity contribution in [2.75, 3.05) is 19.6 Å². The molecule has 0 unspecified atom stereocenters. The van der Waals surface area contributed by atoms with Crippen LogP contribution in [0, 0.1) is 12.7 Å². The van der Waals surface area contributed by atoms with Gasteiger partial charge >= 0.3 is 6.03 Å². The second kappa shape index (κ2) is 9.51. The number of halogens is 1. The van der Waals surface area contributed by atoms with Crippen LogP contribution in [0.2, 0.25) is 0 Å². The minimum absolute atomic E-state index is 0.163. The average molecular weight is 369 g/mol. The number of rotatable bonds is 6. The molecule has 2 aromatic rings. The summed E-state index contributed by atoms with van der Waals surface area (Å²) in [6.45, 7) is 5.51. The Kier molecular flexibility index (Phi) is 6.82. The number of benzene rings is 2. The van der Waals surface area contributed by atoms with Crippen molar-refractivity contribution in [3.63, 3.8) is 0 Å². The van der Waals surface area contributed by atoms with Crippen LogP contribution in [0.3, 0.4) is 0 Å². The van der Waals surface area contributed by atoms with Crippen molar-refractivity contribution in [1.29, 1.82) is 0 Å². The van der Waals surface area contributed by atoms with Gasteiger partial charge in [0.2, 0.25) is 0 Å². The lowest BCUT2D eigenvalue weighted by molar-refractivity contribution is 0.186. The molecule has 1 heterocycles. The van der Waals surface area contributed by atoms with Crippen molar-refractivity contribution in [2.24, 2.45) is 0 Å². The van der Waals surface area contributed by atoms with Crippen molar-refractivity contribution in [3.05, 3.63) is 71.0 Å². The van der Waals surface area contributed by atoms with E-state index in [-0.39, 0.29) is 17.9 Å². The molecule has 144 valence electrons. The molecule has 0 spiro atoms. The SMILES string of the molecule is Cc1ccccc1CN1CCC(NC(=O)NCCc2ccccc2F)CC1. The normalized spacial score (nSPS) is 15.5. The zero-order chi connectivity index (χ0) is 19.1. The molecule has 2 N–H and O–H groups in total. The summed E-state index contributed by atoms with van der Waals surface area (Å²) in [4.78, 5) is 14.5. The van der Waals surface area contributed by atoms with Gasteiger partial charge in [-0.15, -0.1) is 0 Å². The Morgan fingerprint density at radius 3 is 2.44 bits per heavy atom. The third kappa shape index (κ3) is 5.79. The fraction of sp³-hybridized carbons (Fsp3) is 0.409. The zero-order valence-electron chi connectivity index (χ0n) is 15.9. The van der Waals surface area contributed by atoms with E-state index in [4.69, 9.17) is 0 Å². The zero-order valence-corrected chi connectivity index (χ0v) is 15.9. The molecule has 0 saturated carbocycles. The van der Waals surface area contributed by atoms with Crippen LogP contribution in [0.1, 0.15) is 29.5 Å². The maximum atomic E-state index is 13.6. The number of aryl methyl sites for hydroxylation is 1. The van der Waals surface area contributed by atoms with Crippen LogP contribution >= 0.6 is 0 Å². The lowest BCUT2D eigenvalue weighted by Gasteiger charge is -2.32. The fourth-order valence-corrected chi connectivity index (χ4v) is 3.51. The van der Waals surface area contributed by atoms with Gasteiger partial charge in [-0.05, 0) is 48.9 Å². The number of amides is 2. The first-order chi connectivity index (χ1) is 13.1. The second-order valence-electron chi connectivity index (χ2n) is 7.22. The molecule has 4 nitrogen and oxygen atoms in total. The van der Waals surface area contributed by atoms with Crippen molar-refractivity contribution in [3.8, 4) is 0 Å². The minimum Gasteiger partial charge on any atom is -0.338 e. The van der Waals surface area contributed by atoms with E-state index in [2.05, 4.69) is 46.7 Å². The number of piperidine rings is 1. The molecule has 2 aromatic carbocycles. The smallest absolute Gasteiger partial charge is 0.315 e. The van der Waals surface area contributed by atoms with Gasteiger partial charge in [0.25, 0.3) is 0 Å². The third-order valence-corrected chi connectivity index (χ3v) is 5.22. The molecule has 1 fully saturated rings. The Balaban J connectivity index is 1.35. The molecule has 1 saturated heterocycles. The van der Waals surface area contributed by atoms with E-state index in [0.717, 1.165) is 32.5 Å². The molecule has 3 rings (SSSR count). The largest absolute Gasteiger partial charge is 0.338 e. The summed E-state index contributed by atoms with van der Waals surface area (Å²) in [6.07, 6.45) is 2.40. The standard InChI is InChI=1S/C22H28FN3O/c1-17-6-2-3-8-19(17)16-26-14-11-20(12-15-26)25-22(27)24-13-10-18-7-4-5-9-21(18)23/h2-9,20H,10-16H2,1H3,(H2,24,25,27). The van der Waals surface area contributed by atoms with E-state index in [1.54, 1.807) is 12.1 Å². The predicted molar refractivity (Wildman–Crippen MR) is 106 cm³/mol. The molecule has 1 aliphatic rings. The number of carbonyl (C=O) groups is 1. The van der Waals surface area contributed by atoms with E-state index in [0.29, 0.717) is 18.5 Å². The molecule has 0 aromatic heterocycles. The van der Waals surface area contributed by atoms with E-state index in [1.807, 2.05) is 6.07 Å². The van der Waals surface area contributed by atoms with Gasteiger partial charge in [0.1, 0.15) is 5.82 Å². The van der Waals surface area contributed by atoms with Gasteiger partial charge in [0, 0.05) is 32.2 Å². The number of likely N-dealkylation sites (tertiary alicyclic amines) is 1. The Bertz CT molecular complexity index is 757. The van der Waals surface area contributed by atoms with Gasteiger partial charge in [-0.2, -0.15) is 0 Å². The van der Waals surface area contributed by atoms with E-state index >= 15 is 0 Å². The summed E-state index contributed by atoms with van der Waals surface area (Å²) in [5.74, 6) is -0.222. The number of hydrogen-bond donors (Lipinski definition) is 2. The van der Waals surface area contributed by atoms with Gasteiger partial charge in [-0.1, -0.05) is 42.5 Å². The highest BCUT2D eigenvalue weighted by Gasteiger charge is 2.20. The Hall–Kier alpha value is -2.40. The lowest BCUT2D eigenvalue weighted by atomic mass is 10.0. The number of hydrogen-bond acceptors (Lipinski definition) is 2. The fourth-order valence-electron chi connectivity index (χ4n) is 3.51. The minimum atomic E-state index is -0.222. The van der Waals surface area contributed by atoms with Gasteiger partial charge in [0.05, 0.1) is 0 Å². The van der Waals surface area contributed by atoms with Crippen LogP contribution in [0.25, 0.3) is 0 Å². The molecular formula is C22H28FN3O. The first-order valence-electron chi connectivity index (χ1n) is 9.66. The second-order valence-corrected chi connectivity index (χ2v) is 7.22. The molecule has 0 aliphatic carbocycles. The first kappa shape index (κ1) is 19.4. The highest BCUT2D eigenvalue weighted by Crippen LogP contribution is 2.16. The van der Waals surface area contributed by atoms with Crippen molar-refractivity contribution in [2.45, 2.75) is 38.8 Å². The number of nitrogens with zero attached hydrogens (tertiary/aromatic N) is 1. The Morgan fingerprint density at radius 2 is 1.74 bits per heavy atom. The van der Waals surface area contributed by atoms with Gasteiger partial charge < -0.3 is 10.6 Å². The average Bonchev–Trinajstić information content (AvgIpc) is 2.67. The quantitative estimate of drug-likeness (QED) is 0.816. The highest BCUT2D eigenvalue weighted by atomic mass is 19.1. The Labute approximate surface area is 160 Å². The van der Waals surface area contributed by atoms with Gasteiger partial charge in [-0.3, -0.25) is 4.90 Å². The lowest BCUT2D eigenvalue weighted by Crippen LogP contribution is -2.48. The summed E-state index contributed by atoms with van der Waals surface area (Å²) in [6, 6.07) is 15.2. The molecule has 2 amide bonds. The number of carbonyl (C=O) groups excluding carboxylic acids is 1. The van der Waals surface area contributed by atoms with Crippen molar-refractivity contribution >= 4 is 6.03 Å². The predicted octanol–water partition coefficient (Wildman–Crippen LogP) is 3.64. The Morgan fingerprint density at radius 1 is 1.07 bits per heavy atom. The van der Waals surface area contributed by atoms with E-state index < -0.39 is 0 Å². The van der Waals surface area contributed by atoms with Crippen LogP contribution in [0.5, 0.6) is 0 Å². The topological polar surface area (TPSA) is 44.4 Å². The maximum absolute atomic E-state index is 13.6. The van der Waals surface area contributed by atoms with E-state index in [1.165, 1.54) is 17.2 Å². The van der Waals surface area contributed by atoms with Crippen LogP contribution in [-0.2, 0) is 13.0 Å². The van der Waals surface area contributed by atoms with Gasteiger partial charge in [0.15, 0.2) is 0 Å². The highest BCUT2D eigenvalue weighted by molar-refractivity contribution is 5.74. The maximum Gasteiger partial charge on any atom is 0.315 e. The molecule has 0 atom stereocenters. The summed E-state index contributed by atoms with van der Waals surface area (Å²) in [7, 11) is 0. The van der Waals surface area contributed by atoms with Crippen molar-refractivity contribution in [1.82, 2.24) is 15.5 Å². The third-order valence-electron chi connectivity index (χ3n) is 5.22. The molecule has 0 bridgehead atoms. The number of nitrogens with one attached hydrogen (secondary N) is 2. The molecule has 0 radical (unpaired) electrons. The summed E-state index contributed by atoms with van der Waals surface area (Å²) in [5, 5.41) is 5.88. The molecular weight excluding hydrogens is 341 g/mol. The van der Waals surface area contributed by atoms with Gasteiger partial charge in [-0.25, -0.2) is 9.18 Å². The van der Waals surface area contributed by atoms with Crippen LogP contribution in [-0.4, -0.2) is 36.6 Å². The van der Waals surface area contributed by atoms with Crippen molar-refractivity contribution < 1.29 is 9.18 Å². The molecule has 1 aliphatic heterocycles. The first-order valence-corrected chi connectivity index (χ1v) is 9.66. The summed E-state index contributed by atoms with van der Waals surface area (Å²) >= 11 is 0. The summed E-state index contributed by atoms with van der Waals surface area (Å²) < 4.78 is 13.6. The van der Waals surface area contributed by atoms with Crippen LogP contribution < -0.4 is 10.6 Å². The van der Waals surface area contributed by atoms with E-state index in [9.17, 15) is 9.18 Å². The summed E-state index contributed by atoms with van der Waals surface area (Å²) in [5.41, 5.74) is 3.32.